The van der Waals surface area contributed by atoms with Crippen LogP contribution in [0.3, 0.4) is 0 Å². The van der Waals surface area contributed by atoms with Gasteiger partial charge in [0.25, 0.3) is 10.0 Å². The minimum Gasteiger partial charge on any atom is -0.495 e. The molecule has 0 saturated carbocycles. The van der Waals surface area contributed by atoms with Gasteiger partial charge in [0.05, 0.1) is 24.3 Å². The standard InChI is InChI=1S/C15H17NO4S/c1-19-11-12-7-9-13(10-8-12)21(17,18)16-14-5-3-4-6-15(14)20-2/h3-10,16H,11H2,1-2H3. The molecular weight excluding hydrogens is 290 g/mol. The van der Waals surface area contributed by atoms with Crippen LogP contribution < -0.4 is 9.46 Å². The lowest BCUT2D eigenvalue weighted by Gasteiger charge is -2.11. The number of sulfonamides is 1. The maximum Gasteiger partial charge on any atom is 0.262 e. The molecule has 0 amide bonds. The van der Waals surface area contributed by atoms with Crippen molar-refractivity contribution in [3.05, 3.63) is 54.1 Å². The molecule has 21 heavy (non-hydrogen) atoms. The van der Waals surface area contributed by atoms with Crippen LogP contribution in [0.5, 0.6) is 5.75 Å². The molecule has 0 fully saturated rings. The SMILES string of the molecule is COCc1ccc(S(=O)(=O)Nc2ccccc2OC)cc1. The van der Waals surface area contributed by atoms with Crippen LogP contribution >= 0.6 is 0 Å². The summed E-state index contributed by atoms with van der Waals surface area (Å²) in [5.41, 5.74) is 1.31. The Morgan fingerprint density at radius 3 is 2.29 bits per heavy atom. The van der Waals surface area contributed by atoms with Crippen molar-refractivity contribution in [2.45, 2.75) is 11.5 Å². The van der Waals surface area contributed by atoms with Gasteiger partial charge in [0.2, 0.25) is 0 Å². The van der Waals surface area contributed by atoms with Crippen molar-refractivity contribution in [2.75, 3.05) is 18.9 Å². The number of para-hydroxylation sites is 2. The second-order valence-electron chi connectivity index (χ2n) is 4.38. The van der Waals surface area contributed by atoms with Crippen LogP contribution in [0.4, 0.5) is 5.69 Å². The Balaban J connectivity index is 2.25. The fraction of sp³-hybridized carbons (Fsp3) is 0.200. The Bertz CT molecular complexity index is 696. The Labute approximate surface area is 124 Å². The number of methoxy groups -OCH3 is 2. The highest BCUT2D eigenvalue weighted by Crippen LogP contribution is 2.26. The van der Waals surface area contributed by atoms with E-state index < -0.39 is 10.0 Å². The predicted molar refractivity (Wildman–Crippen MR) is 81.0 cm³/mol. The molecule has 6 heteroatoms. The number of ether oxygens (including phenoxy) is 2. The van der Waals surface area contributed by atoms with Crippen LogP contribution in [0.15, 0.2) is 53.4 Å². The zero-order valence-electron chi connectivity index (χ0n) is 11.9. The summed E-state index contributed by atoms with van der Waals surface area (Å²) in [6.07, 6.45) is 0. The van der Waals surface area contributed by atoms with E-state index in [1.165, 1.54) is 7.11 Å². The average Bonchev–Trinajstić information content (AvgIpc) is 2.48. The summed E-state index contributed by atoms with van der Waals surface area (Å²) in [5.74, 6) is 0.470. The summed E-state index contributed by atoms with van der Waals surface area (Å²) in [5, 5.41) is 0. The largest absolute Gasteiger partial charge is 0.495 e. The number of hydrogen-bond acceptors (Lipinski definition) is 4. The Morgan fingerprint density at radius 1 is 1.00 bits per heavy atom. The van der Waals surface area contributed by atoms with Gasteiger partial charge in [-0.25, -0.2) is 8.42 Å². The topological polar surface area (TPSA) is 64.6 Å². The van der Waals surface area contributed by atoms with Gasteiger partial charge in [0.1, 0.15) is 5.75 Å². The van der Waals surface area contributed by atoms with E-state index in [4.69, 9.17) is 9.47 Å². The molecule has 2 aromatic carbocycles. The van der Waals surface area contributed by atoms with Crippen LogP contribution in [0.25, 0.3) is 0 Å². The molecule has 0 aliphatic carbocycles. The first-order valence-electron chi connectivity index (χ1n) is 6.30. The molecule has 5 nitrogen and oxygen atoms in total. The summed E-state index contributed by atoms with van der Waals surface area (Å²) >= 11 is 0. The highest BCUT2D eigenvalue weighted by atomic mass is 32.2. The van der Waals surface area contributed by atoms with E-state index in [0.717, 1.165) is 5.56 Å². The zero-order valence-corrected chi connectivity index (χ0v) is 12.7. The average molecular weight is 307 g/mol. The first-order chi connectivity index (χ1) is 10.1. The van der Waals surface area contributed by atoms with Crippen LogP contribution in [0, 0.1) is 0 Å². The lowest BCUT2D eigenvalue weighted by Crippen LogP contribution is -2.13. The molecule has 0 bridgehead atoms. The molecule has 0 atom stereocenters. The fourth-order valence-corrected chi connectivity index (χ4v) is 2.93. The maximum absolute atomic E-state index is 12.3. The van der Waals surface area contributed by atoms with E-state index in [2.05, 4.69) is 4.72 Å². The third-order valence-corrected chi connectivity index (χ3v) is 4.28. The van der Waals surface area contributed by atoms with Crippen molar-refractivity contribution in [3.63, 3.8) is 0 Å². The van der Waals surface area contributed by atoms with E-state index in [9.17, 15) is 8.42 Å². The summed E-state index contributed by atoms with van der Waals surface area (Å²) in [7, 11) is -0.565. The van der Waals surface area contributed by atoms with Crippen LogP contribution in [-0.4, -0.2) is 22.6 Å². The predicted octanol–water partition coefficient (Wildman–Crippen LogP) is 2.64. The molecule has 2 rings (SSSR count). The van der Waals surface area contributed by atoms with Crippen molar-refractivity contribution < 1.29 is 17.9 Å². The van der Waals surface area contributed by atoms with Gasteiger partial charge in [0, 0.05) is 7.11 Å². The summed E-state index contributed by atoms with van der Waals surface area (Å²) in [6, 6.07) is 13.4. The number of benzene rings is 2. The van der Waals surface area contributed by atoms with Crippen LogP contribution in [0.1, 0.15) is 5.56 Å². The normalized spacial score (nSPS) is 11.1. The van der Waals surface area contributed by atoms with Gasteiger partial charge in [-0.1, -0.05) is 24.3 Å². The Hall–Kier alpha value is -2.05. The maximum atomic E-state index is 12.3. The molecule has 112 valence electrons. The first-order valence-corrected chi connectivity index (χ1v) is 7.79. The van der Waals surface area contributed by atoms with Crippen molar-refractivity contribution in [2.24, 2.45) is 0 Å². The van der Waals surface area contributed by atoms with Gasteiger partial charge in [-0.2, -0.15) is 0 Å². The highest BCUT2D eigenvalue weighted by Gasteiger charge is 2.16. The minimum atomic E-state index is -3.65. The molecule has 0 saturated heterocycles. The molecule has 1 N–H and O–H groups in total. The molecule has 0 aromatic heterocycles. The van der Waals surface area contributed by atoms with Crippen molar-refractivity contribution >= 4 is 15.7 Å². The Morgan fingerprint density at radius 2 is 1.67 bits per heavy atom. The van der Waals surface area contributed by atoms with Crippen molar-refractivity contribution in [3.8, 4) is 5.75 Å². The molecule has 0 aliphatic heterocycles. The Kier molecular flexibility index (Phi) is 4.82. The van der Waals surface area contributed by atoms with Crippen LogP contribution in [-0.2, 0) is 21.4 Å². The van der Waals surface area contributed by atoms with Gasteiger partial charge in [0.15, 0.2) is 0 Å². The van der Waals surface area contributed by atoms with Gasteiger partial charge in [-0.05, 0) is 29.8 Å². The highest BCUT2D eigenvalue weighted by molar-refractivity contribution is 7.92. The third-order valence-electron chi connectivity index (χ3n) is 2.90. The fourth-order valence-electron chi connectivity index (χ4n) is 1.86. The summed E-state index contributed by atoms with van der Waals surface area (Å²) in [4.78, 5) is 0.188. The lowest BCUT2D eigenvalue weighted by atomic mass is 10.2. The minimum absolute atomic E-state index is 0.188. The molecule has 2 aromatic rings. The van der Waals surface area contributed by atoms with E-state index >= 15 is 0 Å². The zero-order chi connectivity index (χ0) is 15.3. The van der Waals surface area contributed by atoms with E-state index in [1.54, 1.807) is 55.6 Å². The first kappa shape index (κ1) is 15.3. The van der Waals surface area contributed by atoms with E-state index in [1.807, 2.05) is 0 Å². The third kappa shape index (κ3) is 3.74. The number of anilines is 1. The summed E-state index contributed by atoms with van der Waals surface area (Å²) < 4.78 is 37.3. The molecule has 0 unspecified atom stereocenters. The van der Waals surface area contributed by atoms with Crippen molar-refractivity contribution in [1.29, 1.82) is 0 Å². The second kappa shape index (κ2) is 6.60. The van der Waals surface area contributed by atoms with Gasteiger partial charge < -0.3 is 9.47 Å². The van der Waals surface area contributed by atoms with Gasteiger partial charge in [-0.3, -0.25) is 4.72 Å². The number of rotatable bonds is 6. The molecule has 0 spiro atoms. The lowest BCUT2D eigenvalue weighted by molar-refractivity contribution is 0.185. The molecule has 0 radical (unpaired) electrons. The molecule has 0 heterocycles. The number of nitrogens with one attached hydrogen (secondary N) is 1. The van der Waals surface area contributed by atoms with Crippen molar-refractivity contribution in [1.82, 2.24) is 0 Å². The van der Waals surface area contributed by atoms with Gasteiger partial charge in [-0.15, -0.1) is 0 Å². The molecular formula is C15H17NO4S. The van der Waals surface area contributed by atoms with Gasteiger partial charge >= 0.3 is 0 Å². The summed E-state index contributed by atoms with van der Waals surface area (Å²) in [6.45, 7) is 0.445. The number of hydrogen-bond donors (Lipinski definition) is 1. The monoisotopic (exact) mass is 307 g/mol. The van der Waals surface area contributed by atoms with E-state index in [-0.39, 0.29) is 4.90 Å². The molecule has 0 aliphatic rings. The van der Waals surface area contributed by atoms with Crippen LogP contribution in [0.2, 0.25) is 0 Å². The quantitative estimate of drug-likeness (QED) is 0.891. The van der Waals surface area contributed by atoms with E-state index in [0.29, 0.717) is 18.0 Å². The smallest absolute Gasteiger partial charge is 0.262 e. The second-order valence-corrected chi connectivity index (χ2v) is 6.07.